The van der Waals surface area contributed by atoms with Gasteiger partial charge in [-0.2, -0.15) is 0 Å². The number of carbonyl (C=O) groups is 1. The lowest BCUT2D eigenvalue weighted by Gasteiger charge is -2.32. The van der Waals surface area contributed by atoms with Gasteiger partial charge in [0, 0.05) is 43.3 Å². The average molecular weight is 359 g/mol. The summed E-state index contributed by atoms with van der Waals surface area (Å²) >= 11 is 1.61. The molecule has 1 saturated heterocycles. The van der Waals surface area contributed by atoms with Crippen LogP contribution in [0.3, 0.4) is 0 Å². The van der Waals surface area contributed by atoms with Crippen molar-refractivity contribution in [2.45, 2.75) is 44.2 Å². The summed E-state index contributed by atoms with van der Waals surface area (Å²) in [7, 11) is 0. The summed E-state index contributed by atoms with van der Waals surface area (Å²) in [6.45, 7) is 1.39. The van der Waals surface area contributed by atoms with Crippen LogP contribution in [0.25, 0.3) is 0 Å². The Morgan fingerprint density at radius 2 is 2.08 bits per heavy atom. The zero-order chi connectivity index (χ0) is 17.2. The lowest BCUT2D eigenvalue weighted by molar-refractivity contribution is -0.133. The highest BCUT2D eigenvalue weighted by atomic mass is 32.1. The van der Waals surface area contributed by atoms with Crippen molar-refractivity contribution in [3.05, 3.63) is 45.3 Å². The van der Waals surface area contributed by atoms with Gasteiger partial charge in [0.1, 0.15) is 18.4 Å². The van der Waals surface area contributed by atoms with Crippen LogP contribution in [0.4, 0.5) is 0 Å². The molecule has 0 bridgehead atoms. The van der Waals surface area contributed by atoms with Crippen molar-refractivity contribution in [3.8, 4) is 5.75 Å². The Morgan fingerprint density at radius 3 is 2.72 bits per heavy atom. The number of rotatable bonds is 5. The molecule has 2 aromatic heterocycles. The van der Waals surface area contributed by atoms with Crippen molar-refractivity contribution in [1.29, 1.82) is 0 Å². The van der Waals surface area contributed by atoms with Gasteiger partial charge in [-0.15, -0.1) is 11.3 Å². The van der Waals surface area contributed by atoms with Crippen LogP contribution in [-0.4, -0.2) is 39.6 Å². The molecule has 1 aliphatic heterocycles. The summed E-state index contributed by atoms with van der Waals surface area (Å²) in [5.74, 6) is 1.32. The van der Waals surface area contributed by atoms with Crippen molar-refractivity contribution >= 4 is 17.2 Å². The second-order valence-electron chi connectivity index (χ2n) is 6.71. The van der Waals surface area contributed by atoms with Crippen LogP contribution in [0, 0.1) is 0 Å². The van der Waals surface area contributed by atoms with Gasteiger partial charge in [-0.25, -0.2) is 4.98 Å². The Kier molecular flexibility index (Phi) is 4.57. The first-order chi connectivity index (χ1) is 12.2. The molecule has 2 fully saturated rings. The SMILES string of the molecule is O=C(Cn1cnc(C2CC2)cc1=O)N1CCC(Oc2ccsc2)CC1. The third-order valence-electron chi connectivity index (χ3n) is 4.79. The van der Waals surface area contributed by atoms with Crippen molar-refractivity contribution in [1.82, 2.24) is 14.5 Å². The Labute approximate surface area is 150 Å². The zero-order valence-corrected chi connectivity index (χ0v) is 14.8. The van der Waals surface area contributed by atoms with Gasteiger partial charge in [-0.05, 0) is 24.3 Å². The molecular weight excluding hydrogens is 338 g/mol. The van der Waals surface area contributed by atoms with Gasteiger partial charge < -0.3 is 9.64 Å². The fourth-order valence-corrected chi connectivity index (χ4v) is 3.70. The molecule has 1 amide bonds. The number of likely N-dealkylation sites (tertiary alicyclic amines) is 1. The first-order valence-corrected chi connectivity index (χ1v) is 9.66. The van der Waals surface area contributed by atoms with Gasteiger partial charge in [-0.3, -0.25) is 14.2 Å². The molecule has 3 heterocycles. The van der Waals surface area contributed by atoms with Gasteiger partial charge in [-0.1, -0.05) is 0 Å². The van der Waals surface area contributed by atoms with Crippen LogP contribution in [0.2, 0.25) is 0 Å². The van der Waals surface area contributed by atoms with Crippen molar-refractivity contribution < 1.29 is 9.53 Å². The lowest BCUT2D eigenvalue weighted by atomic mass is 10.1. The highest BCUT2D eigenvalue weighted by molar-refractivity contribution is 7.08. The van der Waals surface area contributed by atoms with E-state index in [0.29, 0.717) is 19.0 Å². The van der Waals surface area contributed by atoms with E-state index in [-0.39, 0.29) is 24.1 Å². The monoisotopic (exact) mass is 359 g/mol. The molecule has 4 rings (SSSR count). The minimum absolute atomic E-state index is 0.0305. The van der Waals surface area contributed by atoms with Crippen molar-refractivity contribution in [2.24, 2.45) is 0 Å². The number of aromatic nitrogens is 2. The third kappa shape index (κ3) is 3.92. The maximum Gasteiger partial charge on any atom is 0.254 e. The quantitative estimate of drug-likeness (QED) is 0.821. The van der Waals surface area contributed by atoms with E-state index in [1.54, 1.807) is 17.4 Å². The number of thiophene rings is 1. The molecule has 0 aromatic carbocycles. The Balaban J connectivity index is 1.31. The third-order valence-corrected chi connectivity index (χ3v) is 5.46. The number of amides is 1. The van der Waals surface area contributed by atoms with E-state index >= 15 is 0 Å². The van der Waals surface area contributed by atoms with Crippen LogP contribution < -0.4 is 10.3 Å². The molecule has 0 unspecified atom stereocenters. The van der Waals surface area contributed by atoms with Crippen molar-refractivity contribution in [2.75, 3.05) is 13.1 Å². The number of hydrogen-bond donors (Lipinski definition) is 0. The highest BCUT2D eigenvalue weighted by Crippen LogP contribution is 2.38. The molecule has 25 heavy (non-hydrogen) atoms. The highest BCUT2D eigenvalue weighted by Gasteiger charge is 2.26. The molecule has 2 aliphatic rings. The molecule has 6 nitrogen and oxygen atoms in total. The van der Waals surface area contributed by atoms with Crippen molar-refractivity contribution in [3.63, 3.8) is 0 Å². The first kappa shape index (κ1) is 16.3. The predicted molar refractivity (Wildman–Crippen MR) is 95.0 cm³/mol. The number of ether oxygens (including phenoxy) is 1. The molecular formula is C18H21N3O3S. The van der Waals surface area contributed by atoms with Crippen LogP contribution in [0.1, 0.15) is 37.3 Å². The summed E-state index contributed by atoms with van der Waals surface area (Å²) in [6.07, 6.45) is 5.52. The molecule has 0 spiro atoms. The molecule has 1 aliphatic carbocycles. The standard InChI is InChI=1S/C18H21N3O3S/c22-17-9-16(13-1-2-13)19-12-21(17)10-18(23)20-6-3-14(4-7-20)24-15-5-8-25-11-15/h5,8-9,11-14H,1-4,6-7,10H2. The summed E-state index contributed by atoms with van der Waals surface area (Å²) in [5, 5.41) is 3.98. The molecule has 2 aromatic rings. The largest absolute Gasteiger partial charge is 0.489 e. The number of nitrogens with zero attached hydrogens (tertiary/aromatic N) is 3. The average Bonchev–Trinajstić information content (AvgIpc) is 3.35. The van der Waals surface area contributed by atoms with E-state index in [2.05, 4.69) is 4.98 Å². The number of carbonyl (C=O) groups excluding carboxylic acids is 1. The zero-order valence-electron chi connectivity index (χ0n) is 14.0. The Bertz CT molecular complexity index is 790. The summed E-state index contributed by atoms with van der Waals surface area (Å²) < 4.78 is 7.31. The fraction of sp³-hybridized carbons (Fsp3) is 0.500. The van der Waals surface area contributed by atoms with Crippen LogP contribution in [0.15, 0.2) is 34.0 Å². The predicted octanol–water partition coefficient (Wildman–Crippen LogP) is 2.25. The number of hydrogen-bond acceptors (Lipinski definition) is 5. The van der Waals surface area contributed by atoms with E-state index < -0.39 is 0 Å². The molecule has 1 saturated carbocycles. The maximum absolute atomic E-state index is 12.5. The van der Waals surface area contributed by atoms with Crippen LogP contribution in [0.5, 0.6) is 5.75 Å². The van der Waals surface area contributed by atoms with E-state index in [1.807, 2.05) is 21.7 Å². The summed E-state index contributed by atoms with van der Waals surface area (Å²) in [5.41, 5.74) is 0.723. The fourth-order valence-electron chi connectivity index (χ4n) is 3.14. The normalized spacial score (nSPS) is 18.3. The smallest absolute Gasteiger partial charge is 0.254 e. The molecule has 0 N–H and O–H groups in total. The van der Waals surface area contributed by atoms with Gasteiger partial charge in [0.25, 0.3) is 5.56 Å². The first-order valence-electron chi connectivity index (χ1n) is 8.72. The minimum atomic E-state index is -0.138. The van der Waals surface area contributed by atoms with E-state index in [1.165, 1.54) is 10.9 Å². The Hall–Kier alpha value is -2.15. The Morgan fingerprint density at radius 1 is 1.28 bits per heavy atom. The summed E-state index contributed by atoms with van der Waals surface area (Å²) in [6, 6.07) is 3.54. The summed E-state index contributed by atoms with van der Waals surface area (Å²) in [4.78, 5) is 30.8. The number of piperidine rings is 1. The molecule has 7 heteroatoms. The van der Waals surface area contributed by atoms with Crippen LogP contribution >= 0.6 is 11.3 Å². The molecule has 132 valence electrons. The lowest BCUT2D eigenvalue weighted by Crippen LogP contribution is -2.44. The second kappa shape index (κ2) is 7.00. The van der Waals surface area contributed by atoms with E-state index in [0.717, 1.165) is 37.1 Å². The van der Waals surface area contributed by atoms with Gasteiger partial charge in [0.05, 0.1) is 12.0 Å². The van der Waals surface area contributed by atoms with Gasteiger partial charge >= 0.3 is 0 Å². The maximum atomic E-state index is 12.5. The van der Waals surface area contributed by atoms with Gasteiger partial charge in [0.2, 0.25) is 5.91 Å². The van der Waals surface area contributed by atoms with Gasteiger partial charge in [0.15, 0.2) is 0 Å². The minimum Gasteiger partial charge on any atom is -0.489 e. The van der Waals surface area contributed by atoms with E-state index in [4.69, 9.17) is 4.74 Å². The van der Waals surface area contributed by atoms with E-state index in [9.17, 15) is 9.59 Å². The molecule has 0 radical (unpaired) electrons. The van der Waals surface area contributed by atoms with Crippen LogP contribution in [-0.2, 0) is 11.3 Å². The molecule has 0 atom stereocenters. The topological polar surface area (TPSA) is 64.4 Å². The second-order valence-corrected chi connectivity index (χ2v) is 7.49.